The maximum absolute atomic E-state index is 11.4. The van der Waals surface area contributed by atoms with Crippen LogP contribution in [0.15, 0.2) is 48.9 Å². The number of carbonyl (C=O) groups is 1. The van der Waals surface area contributed by atoms with Crippen molar-refractivity contribution in [3.8, 4) is 22.6 Å². The number of aliphatic hydroxyl groups excluding tert-OH is 1. The van der Waals surface area contributed by atoms with Gasteiger partial charge >= 0.3 is 0 Å². The van der Waals surface area contributed by atoms with Crippen molar-refractivity contribution in [2.24, 2.45) is 5.73 Å². The summed E-state index contributed by atoms with van der Waals surface area (Å²) < 4.78 is 1.83. The average Bonchev–Trinajstić information content (AvgIpc) is 3.34. The topological polar surface area (TPSA) is 123 Å². The molecule has 4 aromatic rings. The van der Waals surface area contributed by atoms with E-state index in [2.05, 4.69) is 20.2 Å². The summed E-state index contributed by atoms with van der Waals surface area (Å²) in [5, 5.41) is 18.5. The number of aliphatic hydroxyl groups is 1. The number of carbonyl (C=O) groups excluding carboxylic acids is 1. The first-order valence-electron chi connectivity index (χ1n) is 8.46. The fourth-order valence-electron chi connectivity index (χ4n) is 3.01. The third-order valence-electron chi connectivity index (χ3n) is 4.51. The molecule has 4 rings (SSSR count). The molecule has 1 atom stereocenters. The predicted molar refractivity (Wildman–Crippen MR) is 101 cm³/mol. The quantitative estimate of drug-likeness (QED) is 0.502. The number of hydrogen-bond donors (Lipinski definition) is 3. The monoisotopic (exact) mass is 362 g/mol. The van der Waals surface area contributed by atoms with Crippen molar-refractivity contribution >= 4 is 16.8 Å². The highest BCUT2D eigenvalue weighted by Crippen LogP contribution is 2.27. The molecule has 0 aliphatic rings. The minimum Gasteiger partial charge on any atom is -0.394 e. The number of benzene rings is 1. The zero-order valence-corrected chi connectivity index (χ0v) is 14.6. The summed E-state index contributed by atoms with van der Waals surface area (Å²) in [7, 11) is 0. The Kier molecular flexibility index (Phi) is 4.17. The molecular formula is C19H18N6O2. The van der Waals surface area contributed by atoms with E-state index in [4.69, 9.17) is 5.73 Å². The van der Waals surface area contributed by atoms with Gasteiger partial charge in [-0.1, -0.05) is 12.1 Å². The normalized spacial score (nSPS) is 12.4. The Hall–Kier alpha value is -3.52. The van der Waals surface area contributed by atoms with Crippen molar-refractivity contribution in [2.75, 3.05) is 6.61 Å². The lowest BCUT2D eigenvalue weighted by Crippen LogP contribution is -2.10. The van der Waals surface area contributed by atoms with Gasteiger partial charge in [0.25, 0.3) is 5.91 Å². The first-order valence-corrected chi connectivity index (χ1v) is 8.46. The van der Waals surface area contributed by atoms with Gasteiger partial charge < -0.3 is 20.4 Å². The van der Waals surface area contributed by atoms with Crippen LogP contribution in [0.2, 0.25) is 0 Å². The van der Waals surface area contributed by atoms with Crippen LogP contribution in [0.1, 0.15) is 23.5 Å². The van der Waals surface area contributed by atoms with Gasteiger partial charge in [-0.3, -0.25) is 9.78 Å². The molecule has 0 bridgehead atoms. The van der Waals surface area contributed by atoms with Gasteiger partial charge in [-0.05, 0) is 31.2 Å². The zero-order chi connectivity index (χ0) is 19.0. The second kappa shape index (κ2) is 6.65. The summed E-state index contributed by atoms with van der Waals surface area (Å²) in [6.07, 6.45) is 3.31. The van der Waals surface area contributed by atoms with E-state index in [1.165, 1.54) is 0 Å². The number of rotatable bonds is 5. The molecule has 136 valence electrons. The smallest absolute Gasteiger partial charge is 0.265 e. The zero-order valence-electron chi connectivity index (χ0n) is 14.6. The maximum Gasteiger partial charge on any atom is 0.265 e. The number of aromatic nitrogens is 5. The van der Waals surface area contributed by atoms with E-state index in [1.807, 2.05) is 41.8 Å². The molecule has 0 spiro atoms. The second-order valence-corrected chi connectivity index (χ2v) is 6.37. The molecule has 1 amide bonds. The lowest BCUT2D eigenvalue weighted by Gasteiger charge is -2.12. The van der Waals surface area contributed by atoms with Gasteiger partial charge in [-0.2, -0.15) is 0 Å². The maximum atomic E-state index is 11.4. The van der Waals surface area contributed by atoms with Gasteiger partial charge in [-0.25, -0.2) is 0 Å². The van der Waals surface area contributed by atoms with Crippen molar-refractivity contribution in [2.45, 2.75) is 13.0 Å². The van der Waals surface area contributed by atoms with Crippen LogP contribution in [0.3, 0.4) is 0 Å². The SMILES string of the molecule is CC(CO)n1cnnc1-c1ccnc(-c2ccc3cc(C(N)=O)[nH]c3c2)c1. The van der Waals surface area contributed by atoms with Crippen LogP contribution in [0, 0.1) is 0 Å². The predicted octanol–water partition coefficient (Wildman–Crippen LogP) is 2.14. The number of nitrogens with two attached hydrogens (primary N) is 1. The Balaban J connectivity index is 1.76. The van der Waals surface area contributed by atoms with E-state index in [0.29, 0.717) is 11.5 Å². The second-order valence-electron chi connectivity index (χ2n) is 6.37. The standard InChI is InChI=1S/C19H18N6O2/c1-11(9-26)25-10-22-24-19(25)14-4-5-21-15(8-14)12-2-3-13-7-17(18(20)27)23-16(13)6-12/h2-8,10-11,23,26H,9H2,1H3,(H2,20,27). The molecule has 0 fully saturated rings. The number of fused-ring (bicyclic) bond motifs is 1. The number of nitrogens with one attached hydrogen (secondary N) is 1. The summed E-state index contributed by atoms with van der Waals surface area (Å²) >= 11 is 0. The molecule has 1 unspecified atom stereocenters. The highest BCUT2D eigenvalue weighted by atomic mass is 16.3. The number of pyridine rings is 1. The van der Waals surface area contributed by atoms with Crippen LogP contribution >= 0.6 is 0 Å². The number of H-pyrrole nitrogens is 1. The first-order chi connectivity index (χ1) is 13.1. The Morgan fingerprint density at radius 2 is 2.11 bits per heavy atom. The number of aromatic amines is 1. The van der Waals surface area contributed by atoms with Crippen molar-refractivity contribution < 1.29 is 9.90 Å². The minimum absolute atomic E-state index is 0.00529. The van der Waals surface area contributed by atoms with E-state index in [1.54, 1.807) is 18.6 Å². The number of amides is 1. The summed E-state index contributed by atoms with van der Waals surface area (Å²) in [5.41, 5.74) is 9.02. The molecule has 8 heteroatoms. The third kappa shape index (κ3) is 3.06. The Labute approximate surface area is 154 Å². The average molecular weight is 362 g/mol. The van der Waals surface area contributed by atoms with Gasteiger partial charge in [0.15, 0.2) is 5.82 Å². The van der Waals surface area contributed by atoms with E-state index in [9.17, 15) is 9.90 Å². The van der Waals surface area contributed by atoms with Crippen molar-refractivity contribution in [1.82, 2.24) is 24.7 Å². The molecule has 27 heavy (non-hydrogen) atoms. The van der Waals surface area contributed by atoms with Crippen molar-refractivity contribution in [1.29, 1.82) is 0 Å². The van der Waals surface area contributed by atoms with E-state index >= 15 is 0 Å². The molecule has 3 heterocycles. The van der Waals surface area contributed by atoms with Crippen molar-refractivity contribution in [3.63, 3.8) is 0 Å². The molecule has 0 saturated carbocycles. The van der Waals surface area contributed by atoms with Crippen LogP contribution in [0.5, 0.6) is 0 Å². The Morgan fingerprint density at radius 3 is 2.89 bits per heavy atom. The Morgan fingerprint density at radius 1 is 1.26 bits per heavy atom. The molecule has 4 N–H and O–H groups in total. The minimum atomic E-state index is -0.495. The van der Waals surface area contributed by atoms with E-state index < -0.39 is 5.91 Å². The lowest BCUT2D eigenvalue weighted by molar-refractivity contribution is 0.0996. The lowest BCUT2D eigenvalue weighted by atomic mass is 10.1. The molecule has 0 saturated heterocycles. The van der Waals surface area contributed by atoms with Crippen LogP contribution in [0.4, 0.5) is 0 Å². The van der Waals surface area contributed by atoms with Gasteiger partial charge in [0.2, 0.25) is 0 Å². The van der Waals surface area contributed by atoms with Gasteiger partial charge in [0, 0.05) is 28.2 Å². The molecule has 8 nitrogen and oxygen atoms in total. The third-order valence-corrected chi connectivity index (χ3v) is 4.51. The summed E-state index contributed by atoms with van der Waals surface area (Å²) in [5.74, 6) is 0.169. The number of hydrogen-bond acceptors (Lipinski definition) is 5. The van der Waals surface area contributed by atoms with Crippen LogP contribution in [0.25, 0.3) is 33.5 Å². The molecular weight excluding hydrogens is 344 g/mol. The first kappa shape index (κ1) is 16.9. The van der Waals surface area contributed by atoms with Gasteiger partial charge in [0.05, 0.1) is 18.3 Å². The molecule has 0 radical (unpaired) electrons. The summed E-state index contributed by atoms with van der Waals surface area (Å²) in [6.45, 7) is 1.89. The van der Waals surface area contributed by atoms with Crippen LogP contribution in [-0.4, -0.2) is 42.4 Å². The summed E-state index contributed by atoms with van der Waals surface area (Å²) in [4.78, 5) is 18.8. The number of nitrogens with zero attached hydrogens (tertiary/aromatic N) is 4. The fraction of sp³-hybridized carbons (Fsp3) is 0.158. The highest BCUT2D eigenvalue weighted by molar-refractivity contribution is 5.97. The van der Waals surface area contributed by atoms with Gasteiger partial charge in [-0.15, -0.1) is 10.2 Å². The van der Waals surface area contributed by atoms with E-state index in [0.717, 1.165) is 27.7 Å². The number of primary amides is 1. The molecule has 1 aromatic carbocycles. The molecule has 3 aromatic heterocycles. The van der Waals surface area contributed by atoms with Gasteiger partial charge in [0.1, 0.15) is 12.0 Å². The van der Waals surface area contributed by atoms with Crippen LogP contribution < -0.4 is 5.73 Å². The molecule has 0 aliphatic heterocycles. The van der Waals surface area contributed by atoms with Crippen LogP contribution in [-0.2, 0) is 0 Å². The molecule has 0 aliphatic carbocycles. The Bertz CT molecular complexity index is 1130. The largest absolute Gasteiger partial charge is 0.394 e. The van der Waals surface area contributed by atoms with Crippen molar-refractivity contribution in [3.05, 3.63) is 54.6 Å². The summed E-state index contributed by atoms with van der Waals surface area (Å²) in [6, 6.07) is 11.1. The fourth-order valence-corrected chi connectivity index (χ4v) is 3.01. The van der Waals surface area contributed by atoms with E-state index in [-0.39, 0.29) is 12.6 Å². The highest BCUT2D eigenvalue weighted by Gasteiger charge is 2.14.